The quantitative estimate of drug-likeness (QED) is 0.762. The highest BCUT2D eigenvalue weighted by Crippen LogP contribution is 2.22. The zero-order valence-corrected chi connectivity index (χ0v) is 12.8. The molecule has 2 heterocycles. The van der Waals surface area contributed by atoms with Gasteiger partial charge in [0, 0.05) is 24.2 Å². The van der Waals surface area contributed by atoms with Crippen molar-refractivity contribution in [3.05, 3.63) is 47.4 Å². The van der Waals surface area contributed by atoms with Crippen LogP contribution in [0.2, 0.25) is 0 Å². The van der Waals surface area contributed by atoms with E-state index < -0.39 is 18.6 Å². The second-order valence-electron chi connectivity index (χ2n) is 6.12. The van der Waals surface area contributed by atoms with Crippen LogP contribution in [0.4, 0.5) is 0 Å². The van der Waals surface area contributed by atoms with Crippen LogP contribution in [-0.4, -0.2) is 4.98 Å². The Kier molecular flexibility index (Phi) is 2.48. The molecule has 0 radical (unpaired) electrons. The van der Waals surface area contributed by atoms with Gasteiger partial charge in [-0.2, -0.15) is 0 Å². The minimum absolute atomic E-state index is 0.0806. The highest BCUT2D eigenvalue weighted by atomic mass is 14.9. The molecule has 0 N–H and O–H groups in total. The van der Waals surface area contributed by atoms with Crippen molar-refractivity contribution in [1.29, 1.82) is 0 Å². The van der Waals surface area contributed by atoms with Crippen LogP contribution in [0.1, 0.15) is 44.6 Å². The first-order valence-electron chi connectivity index (χ1n) is 9.24. The summed E-state index contributed by atoms with van der Waals surface area (Å²) >= 11 is 0. The predicted octanol–water partition coefficient (Wildman–Crippen LogP) is 3.78. The fourth-order valence-corrected chi connectivity index (χ4v) is 2.23. The Bertz CT molecular complexity index is 789. The summed E-state index contributed by atoms with van der Waals surface area (Å²) in [4.78, 5) is 4.22. The molecule has 2 nitrogen and oxygen atoms in total. The van der Waals surface area contributed by atoms with Crippen molar-refractivity contribution < 1.29 is 11.4 Å². The van der Waals surface area contributed by atoms with Crippen molar-refractivity contribution >= 4 is 0 Å². The predicted molar refractivity (Wildman–Crippen MR) is 83.5 cm³/mol. The lowest BCUT2D eigenvalue weighted by molar-refractivity contribution is -0.660. The van der Waals surface area contributed by atoms with Crippen LogP contribution in [0.3, 0.4) is 0 Å². The number of nitrogens with zero attached hydrogens (tertiary/aromatic N) is 2. The summed E-state index contributed by atoms with van der Waals surface area (Å²) < 4.78 is 41.1. The molecule has 0 spiro atoms. The largest absolute Gasteiger partial charge is 0.258 e. The van der Waals surface area contributed by atoms with Gasteiger partial charge in [-0.25, -0.2) is 4.57 Å². The van der Waals surface area contributed by atoms with Gasteiger partial charge in [0.2, 0.25) is 5.69 Å². The summed E-state index contributed by atoms with van der Waals surface area (Å²) in [5.74, 6) is 0. The highest BCUT2D eigenvalue weighted by molar-refractivity contribution is 5.59. The van der Waals surface area contributed by atoms with E-state index in [1.54, 1.807) is 25.3 Å². The summed E-state index contributed by atoms with van der Waals surface area (Å²) in [5, 5.41) is 0. The van der Waals surface area contributed by atoms with Crippen LogP contribution in [-0.2, 0) is 13.4 Å². The molecule has 0 unspecified atom stereocenters. The van der Waals surface area contributed by atoms with E-state index >= 15 is 0 Å². The molecule has 2 heteroatoms. The fourth-order valence-electron chi connectivity index (χ4n) is 2.23. The Morgan fingerprint density at radius 2 is 2.00 bits per heavy atom. The summed E-state index contributed by atoms with van der Waals surface area (Å²) in [6, 6.07) is 6.94. The molecule has 2 aromatic rings. The molecule has 0 atom stereocenters. The maximum absolute atomic E-state index is 8.41. The van der Waals surface area contributed by atoms with E-state index in [0.29, 0.717) is 11.3 Å². The zero-order valence-electron chi connectivity index (χ0n) is 17.8. The van der Waals surface area contributed by atoms with Crippen molar-refractivity contribution in [1.82, 2.24) is 4.98 Å². The van der Waals surface area contributed by atoms with Gasteiger partial charge in [-0.1, -0.05) is 20.8 Å². The highest BCUT2D eigenvalue weighted by Gasteiger charge is 2.17. The van der Waals surface area contributed by atoms with E-state index in [0.717, 1.165) is 11.3 Å². The van der Waals surface area contributed by atoms with E-state index in [9.17, 15) is 0 Å². The van der Waals surface area contributed by atoms with Crippen LogP contribution < -0.4 is 4.57 Å². The smallest absolute Gasteiger partial charge is 0.214 e. The van der Waals surface area contributed by atoms with Crippen LogP contribution in [0.15, 0.2) is 30.5 Å². The van der Waals surface area contributed by atoms with Gasteiger partial charge in [0.1, 0.15) is 7.05 Å². The first-order valence-corrected chi connectivity index (χ1v) is 6.74. The lowest BCUT2D eigenvalue weighted by atomic mass is 9.88. The molecule has 0 amide bonds. The SMILES string of the molecule is [2H]C([2H])([2H])c1ccc(-c2ccc(C([2H])([2H])C(C)(C)C)c[n+]2C)c(C)n1. The fraction of sp³-hybridized carbons (Fsp3) is 0.444. The number of aromatic nitrogens is 2. The van der Waals surface area contributed by atoms with Crippen molar-refractivity contribution in [3.63, 3.8) is 0 Å². The topological polar surface area (TPSA) is 16.8 Å². The summed E-state index contributed by atoms with van der Waals surface area (Å²) in [7, 11) is 1.86. The first kappa shape index (κ1) is 9.28. The Morgan fingerprint density at radius 1 is 1.25 bits per heavy atom. The molecule has 0 saturated carbocycles. The Labute approximate surface area is 129 Å². The average Bonchev–Trinajstić information content (AvgIpc) is 2.45. The van der Waals surface area contributed by atoms with Gasteiger partial charge >= 0.3 is 0 Å². The van der Waals surface area contributed by atoms with Crippen molar-refractivity contribution in [2.75, 3.05) is 0 Å². The maximum atomic E-state index is 8.41. The molecule has 0 aliphatic carbocycles. The molecule has 0 bridgehead atoms. The van der Waals surface area contributed by atoms with Crippen molar-refractivity contribution in [2.45, 2.75) is 40.9 Å². The molecule has 0 fully saturated rings. The van der Waals surface area contributed by atoms with Crippen molar-refractivity contribution in [3.8, 4) is 11.3 Å². The van der Waals surface area contributed by atoms with E-state index in [-0.39, 0.29) is 5.69 Å². The molecule has 2 rings (SSSR count). The van der Waals surface area contributed by atoms with Gasteiger partial charge < -0.3 is 0 Å². The Hall–Kier alpha value is -1.70. The minimum Gasteiger partial charge on any atom is -0.258 e. The molecule has 0 aliphatic rings. The van der Waals surface area contributed by atoms with Crippen LogP contribution in [0.25, 0.3) is 11.3 Å². The van der Waals surface area contributed by atoms with Crippen LogP contribution in [0.5, 0.6) is 0 Å². The van der Waals surface area contributed by atoms with Crippen LogP contribution in [0, 0.1) is 19.2 Å². The van der Waals surface area contributed by atoms with Gasteiger partial charge in [0.25, 0.3) is 0 Å². The summed E-state index contributed by atoms with van der Waals surface area (Å²) in [6.45, 7) is 5.19. The number of rotatable bonds is 2. The molecule has 0 aliphatic heterocycles. The minimum atomic E-state index is -2.22. The third-order valence-electron chi connectivity index (χ3n) is 3.01. The molecule has 106 valence electrons. The zero-order chi connectivity index (χ0) is 19.2. The standard InChI is InChI=1S/C18H25N2/c1-13-7-9-16(14(2)19-13)17-10-8-15(12-20(17)6)11-18(3,4)5/h7-10,12H,11H2,1-6H3/q+1/i1D3,11D2. The van der Waals surface area contributed by atoms with E-state index in [4.69, 9.17) is 6.85 Å². The number of hydrogen-bond donors (Lipinski definition) is 0. The number of pyridine rings is 2. The number of hydrogen-bond acceptors (Lipinski definition) is 1. The summed E-state index contributed by atoms with van der Waals surface area (Å²) in [6.07, 6.45) is 0.319. The Morgan fingerprint density at radius 3 is 2.55 bits per heavy atom. The van der Waals surface area contributed by atoms with Crippen LogP contribution >= 0.6 is 0 Å². The molecule has 2 aromatic heterocycles. The van der Waals surface area contributed by atoms with Gasteiger partial charge in [-0.3, -0.25) is 4.98 Å². The second-order valence-corrected chi connectivity index (χ2v) is 6.12. The summed E-state index contributed by atoms with van der Waals surface area (Å²) in [5.41, 5.74) is 2.48. The first-order chi connectivity index (χ1) is 11.2. The van der Waals surface area contributed by atoms with Gasteiger partial charge in [-0.15, -0.1) is 0 Å². The Balaban J connectivity index is 2.50. The average molecular weight is 274 g/mol. The third-order valence-corrected chi connectivity index (χ3v) is 3.01. The van der Waals surface area contributed by atoms with E-state index in [1.165, 1.54) is 6.07 Å². The lowest BCUT2D eigenvalue weighted by Crippen LogP contribution is -2.32. The lowest BCUT2D eigenvalue weighted by Gasteiger charge is -2.17. The molecular formula is C18H25N2+. The molecule has 20 heavy (non-hydrogen) atoms. The van der Waals surface area contributed by atoms with E-state index in [2.05, 4.69) is 4.98 Å². The van der Waals surface area contributed by atoms with E-state index in [1.807, 2.05) is 38.5 Å². The molecule has 0 saturated heterocycles. The monoisotopic (exact) mass is 274 g/mol. The normalized spacial score (nSPS) is 16.8. The van der Waals surface area contributed by atoms with Gasteiger partial charge in [0.05, 0.1) is 11.3 Å². The third kappa shape index (κ3) is 3.44. The number of aryl methyl sites for hydroxylation is 3. The van der Waals surface area contributed by atoms with Gasteiger partial charge in [-0.05, 0) is 43.8 Å². The second kappa shape index (κ2) is 5.35. The maximum Gasteiger partial charge on any atom is 0.214 e. The molecule has 0 aromatic carbocycles. The molecular weight excluding hydrogens is 244 g/mol. The van der Waals surface area contributed by atoms with Crippen molar-refractivity contribution in [2.24, 2.45) is 12.5 Å². The van der Waals surface area contributed by atoms with Gasteiger partial charge in [0.15, 0.2) is 6.20 Å².